The number of nitrogens with one attached hydrogen (secondary N) is 2. The van der Waals surface area contributed by atoms with Gasteiger partial charge in [-0.15, -0.1) is 0 Å². The van der Waals surface area contributed by atoms with E-state index in [4.69, 9.17) is 21.6 Å². The van der Waals surface area contributed by atoms with Gasteiger partial charge in [0.05, 0.1) is 21.8 Å². The number of aromatic amines is 1. The monoisotopic (exact) mass is 467 g/mol. The number of carboxylic acids is 1. The molecule has 4 aromatic rings. The van der Waals surface area contributed by atoms with Crippen LogP contribution in [0.5, 0.6) is 0 Å². The van der Waals surface area contributed by atoms with Crippen molar-refractivity contribution in [2.45, 2.75) is 31.7 Å². The number of fused-ring (bicyclic) bond motifs is 5. The SMILES string of the molecule is Cn1ccc2c(N[C@H]3C4CCC(CC4)[C@@H]3C(=O)O)nc(-c3c[nH]c4c(Cl)cc(F)cc34)nc21. The van der Waals surface area contributed by atoms with Crippen LogP contribution in [0.15, 0.2) is 30.6 Å². The van der Waals surface area contributed by atoms with Crippen molar-refractivity contribution in [3.8, 4) is 11.4 Å². The smallest absolute Gasteiger partial charge is 0.308 e. The molecule has 0 amide bonds. The van der Waals surface area contributed by atoms with Gasteiger partial charge in [-0.25, -0.2) is 14.4 Å². The summed E-state index contributed by atoms with van der Waals surface area (Å²) in [5.74, 6) is -0.0959. The summed E-state index contributed by atoms with van der Waals surface area (Å²) >= 11 is 6.22. The first-order valence-electron chi connectivity index (χ1n) is 11.2. The second kappa shape index (κ2) is 7.45. The van der Waals surface area contributed by atoms with Gasteiger partial charge in [0.2, 0.25) is 0 Å². The van der Waals surface area contributed by atoms with Crippen molar-refractivity contribution in [3.63, 3.8) is 0 Å². The van der Waals surface area contributed by atoms with Crippen molar-refractivity contribution in [2.24, 2.45) is 24.8 Å². The lowest BCUT2D eigenvalue weighted by atomic mass is 9.61. The Bertz CT molecular complexity index is 1410. The number of halogens is 2. The molecule has 0 radical (unpaired) electrons. The Balaban J connectivity index is 1.49. The number of H-pyrrole nitrogens is 1. The maximum atomic E-state index is 14.1. The molecule has 0 unspecified atom stereocenters. The summed E-state index contributed by atoms with van der Waals surface area (Å²) in [6.45, 7) is 0. The highest BCUT2D eigenvalue weighted by Gasteiger charge is 2.47. The molecule has 3 aliphatic rings. The van der Waals surface area contributed by atoms with Crippen LogP contribution in [0.1, 0.15) is 25.7 Å². The molecule has 3 saturated carbocycles. The highest BCUT2D eigenvalue weighted by Crippen LogP contribution is 2.46. The van der Waals surface area contributed by atoms with E-state index in [0.29, 0.717) is 39.7 Å². The average Bonchev–Trinajstić information content (AvgIpc) is 3.38. The number of hydrogen-bond donors (Lipinski definition) is 3. The van der Waals surface area contributed by atoms with Crippen LogP contribution in [-0.2, 0) is 11.8 Å². The number of aliphatic carboxylic acids is 1. The van der Waals surface area contributed by atoms with Gasteiger partial charge < -0.3 is 20.0 Å². The summed E-state index contributed by atoms with van der Waals surface area (Å²) in [6.07, 6.45) is 7.63. The maximum absolute atomic E-state index is 14.1. The summed E-state index contributed by atoms with van der Waals surface area (Å²) in [4.78, 5) is 24.8. The molecule has 2 bridgehead atoms. The molecule has 1 aromatic carbocycles. The van der Waals surface area contributed by atoms with E-state index in [0.717, 1.165) is 31.1 Å². The first kappa shape index (κ1) is 20.5. The molecular weight excluding hydrogens is 445 g/mol. The van der Waals surface area contributed by atoms with Crippen LogP contribution in [0.4, 0.5) is 10.2 Å². The first-order valence-corrected chi connectivity index (χ1v) is 11.6. The lowest BCUT2D eigenvalue weighted by Crippen LogP contribution is -2.51. The van der Waals surface area contributed by atoms with Gasteiger partial charge in [-0.1, -0.05) is 11.6 Å². The maximum Gasteiger partial charge on any atom is 0.308 e. The molecule has 0 spiro atoms. The number of aryl methyl sites for hydroxylation is 1. The predicted octanol–water partition coefficient (Wildman–Crippen LogP) is 5.21. The third-order valence-corrected chi connectivity index (χ3v) is 7.78. The molecule has 170 valence electrons. The Morgan fingerprint density at radius 1 is 1.21 bits per heavy atom. The van der Waals surface area contributed by atoms with Gasteiger partial charge in [-0.3, -0.25) is 4.79 Å². The molecule has 9 heteroatoms. The zero-order chi connectivity index (χ0) is 22.9. The van der Waals surface area contributed by atoms with Gasteiger partial charge in [0.25, 0.3) is 0 Å². The van der Waals surface area contributed by atoms with E-state index in [9.17, 15) is 14.3 Å². The van der Waals surface area contributed by atoms with E-state index in [1.54, 1.807) is 6.20 Å². The Labute approximate surface area is 194 Å². The fraction of sp³-hybridized carbons (Fsp3) is 0.375. The van der Waals surface area contributed by atoms with E-state index in [1.165, 1.54) is 12.1 Å². The number of benzene rings is 1. The summed E-state index contributed by atoms with van der Waals surface area (Å²) in [5.41, 5.74) is 1.97. The second-order valence-electron chi connectivity index (χ2n) is 9.28. The quantitative estimate of drug-likeness (QED) is 0.383. The van der Waals surface area contributed by atoms with Crippen LogP contribution in [0, 0.1) is 23.6 Å². The Morgan fingerprint density at radius 3 is 2.73 bits per heavy atom. The van der Waals surface area contributed by atoms with Crippen molar-refractivity contribution in [2.75, 3.05) is 5.32 Å². The molecule has 0 saturated heterocycles. The van der Waals surface area contributed by atoms with Gasteiger partial charge in [0.15, 0.2) is 5.82 Å². The minimum Gasteiger partial charge on any atom is -0.481 e. The molecule has 7 rings (SSSR count). The minimum absolute atomic E-state index is 0.184. The van der Waals surface area contributed by atoms with Gasteiger partial charge >= 0.3 is 5.97 Å². The molecule has 0 aliphatic heterocycles. The normalized spacial score (nSPS) is 24.6. The minimum atomic E-state index is -0.748. The summed E-state index contributed by atoms with van der Waals surface area (Å²) in [7, 11) is 1.90. The largest absolute Gasteiger partial charge is 0.481 e. The molecular formula is C24H23ClFN5O2. The number of carbonyl (C=O) groups is 1. The zero-order valence-corrected chi connectivity index (χ0v) is 18.7. The van der Waals surface area contributed by atoms with Crippen molar-refractivity contribution < 1.29 is 14.3 Å². The van der Waals surface area contributed by atoms with Crippen LogP contribution < -0.4 is 5.32 Å². The van der Waals surface area contributed by atoms with E-state index in [1.807, 2.05) is 23.9 Å². The molecule has 7 nitrogen and oxygen atoms in total. The predicted molar refractivity (Wildman–Crippen MR) is 125 cm³/mol. The van der Waals surface area contributed by atoms with Crippen molar-refractivity contribution in [1.82, 2.24) is 19.5 Å². The highest BCUT2D eigenvalue weighted by molar-refractivity contribution is 6.35. The topological polar surface area (TPSA) is 95.8 Å². The molecule has 3 aromatic heterocycles. The van der Waals surface area contributed by atoms with Crippen LogP contribution in [0.2, 0.25) is 5.02 Å². The standard InChI is InChI=1S/C24H23ClFN5O2/c1-31-7-6-14-21(28-19-12-4-2-11(3-5-12)18(19)24(32)33)29-22(30-23(14)31)16-10-27-20-15(16)8-13(26)9-17(20)25/h6-12,18-19,27H,2-5H2,1H3,(H,32,33)(H,28,29,30)/t11?,12?,18-,19-/m0/s1. The van der Waals surface area contributed by atoms with E-state index < -0.39 is 17.7 Å². The summed E-state index contributed by atoms with van der Waals surface area (Å²) < 4.78 is 16.0. The number of rotatable bonds is 4. The molecule has 33 heavy (non-hydrogen) atoms. The van der Waals surface area contributed by atoms with Gasteiger partial charge in [0, 0.05) is 36.4 Å². The van der Waals surface area contributed by atoms with Crippen LogP contribution in [-0.4, -0.2) is 36.6 Å². The number of carboxylic acid groups (broad SMARTS) is 1. The Hall–Kier alpha value is -3.13. The summed E-state index contributed by atoms with van der Waals surface area (Å²) in [5, 5.41) is 15.2. The third-order valence-electron chi connectivity index (χ3n) is 7.48. The van der Waals surface area contributed by atoms with Gasteiger partial charge in [-0.05, 0) is 55.7 Å². The number of hydrogen-bond acceptors (Lipinski definition) is 4. The average molecular weight is 468 g/mol. The van der Waals surface area contributed by atoms with E-state index in [-0.39, 0.29) is 17.0 Å². The van der Waals surface area contributed by atoms with E-state index >= 15 is 0 Å². The second-order valence-corrected chi connectivity index (χ2v) is 9.69. The Kier molecular flexibility index (Phi) is 4.62. The number of aromatic nitrogens is 4. The van der Waals surface area contributed by atoms with Crippen molar-refractivity contribution in [1.29, 1.82) is 0 Å². The number of nitrogens with zero attached hydrogens (tertiary/aromatic N) is 3. The first-order chi connectivity index (χ1) is 15.9. The van der Waals surface area contributed by atoms with Gasteiger partial charge in [-0.2, -0.15) is 0 Å². The van der Waals surface area contributed by atoms with Crippen molar-refractivity contribution in [3.05, 3.63) is 41.4 Å². The van der Waals surface area contributed by atoms with Crippen LogP contribution in [0.3, 0.4) is 0 Å². The summed E-state index contributed by atoms with van der Waals surface area (Å²) in [6, 6.07) is 4.43. The molecule has 3 N–H and O–H groups in total. The van der Waals surface area contributed by atoms with Crippen LogP contribution in [0.25, 0.3) is 33.3 Å². The lowest BCUT2D eigenvalue weighted by molar-refractivity contribution is -0.148. The lowest BCUT2D eigenvalue weighted by Gasteiger charge is -2.47. The Morgan fingerprint density at radius 2 is 1.97 bits per heavy atom. The molecule has 2 atom stereocenters. The molecule has 3 aliphatic carbocycles. The van der Waals surface area contributed by atoms with Crippen molar-refractivity contribution >= 4 is 45.3 Å². The third kappa shape index (κ3) is 3.19. The fourth-order valence-corrected chi connectivity index (χ4v) is 6.14. The van der Waals surface area contributed by atoms with E-state index in [2.05, 4.69) is 10.3 Å². The zero-order valence-electron chi connectivity index (χ0n) is 18.0. The van der Waals surface area contributed by atoms with Crippen LogP contribution >= 0.6 is 11.6 Å². The number of anilines is 1. The highest BCUT2D eigenvalue weighted by atomic mass is 35.5. The molecule has 3 fully saturated rings. The molecule has 3 heterocycles. The fourth-order valence-electron chi connectivity index (χ4n) is 5.88. The van der Waals surface area contributed by atoms with Gasteiger partial charge in [0.1, 0.15) is 17.3 Å².